The number of aliphatic hydroxyl groups is 1. The summed E-state index contributed by atoms with van der Waals surface area (Å²) in [6.45, 7) is 9.03. The number of anilines is 2. The quantitative estimate of drug-likeness (QED) is 0.510. The zero-order valence-electron chi connectivity index (χ0n) is 16.0. The number of hydrogen-bond acceptors (Lipinski definition) is 7. The van der Waals surface area contributed by atoms with Crippen LogP contribution in [0.25, 0.3) is 11.2 Å². The van der Waals surface area contributed by atoms with E-state index in [1.165, 1.54) is 4.31 Å². The van der Waals surface area contributed by atoms with Gasteiger partial charge in [-0.15, -0.1) is 0 Å². The lowest BCUT2D eigenvalue weighted by atomic mass is 10.0. The Morgan fingerprint density at radius 2 is 2.19 bits per heavy atom. The lowest BCUT2D eigenvalue weighted by molar-refractivity contribution is 0.0646. The summed E-state index contributed by atoms with van der Waals surface area (Å²) in [4.78, 5) is 13.6. The van der Waals surface area contributed by atoms with Crippen molar-refractivity contribution < 1.29 is 13.9 Å². The summed E-state index contributed by atoms with van der Waals surface area (Å²) in [7, 11) is 0. The van der Waals surface area contributed by atoms with Gasteiger partial charge in [0.1, 0.15) is 0 Å². The summed E-state index contributed by atoms with van der Waals surface area (Å²) in [5.41, 5.74) is 0.413. The van der Waals surface area contributed by atoms with Crippen molar-refractivity contribution in [2.75, 3.05) is 23.7 Å². The Balaban J connectivity index is 1.91. The van der Waals surface area contributed by atoms with Crippen molar-refractivity contribution in [3.8, 4) is 0 Å². The molecule has 0 aliphatic carbocycles. The zero-order valence-corrected chi connectivity index (χ0v) is 16.8. The Bertz CT molecular complexity index is 835. The van der Waals surface area contributed by atoms with Crippen molar-refractivity contribution >= 4 is 34.2 Å². The first kappa shape index (κ1) is 19.9. The predicted octanol–water partition coefficient (Wildman–Crippen LogP) is 1.04. The van der Waals surface area contributed by atoms with E-state index in [0.29, 0.717) is 42.6 Å². The van der Waals surface area contributed by atoms with E-state index in [0.717, 1.165) is 6.42 Å². The average molecular weight is 398 g/mol. The minimum atomic E-state index is -1.97. The van der Waals surface area contributed by atoms with Crippen LogP contribution < -0.4 is 10.6 Å². The molecule has 3 unspecified atom stereocenters. The van der Waals surface area contributed by atoms with Crippen LogP contribution in [-0.2, 0) is 17.8 Å². The number of nitrogens with zero attached hydrogens (tertiary/aromatic N) is 5. The molecule has 1 fully saturated rings. The van der Waals surface area contributed by atoms with E-state index in [1.807, 2.05) is 18.4 Å². The molecular formula is C16H27N7O3S. The average Bonchev–Trinajstić information content (AvgIpc) is 3.20. The fourth-order valence-electron chi connectivity index (χ4n) is 2.89. The number of rotatable bonds is 7. The zero-order chi connectivity index (χ0) is 19.8. The maximum absolute atomic E-state index is 11.3. The van der Waals surface area contributed by atoms with E-state index in [9.17, 15) is 13.9 Å². The van der Waals surface area contributed by atoms with Crippen molar-refractivity contribution in [1.29, 1.82) is 0 Å². The summed E-state index contributed by atoms with van der Waals surface area (Å²) in [5, 5.41) is 16.7. The predicted molar refractivity (Wildman–Crippen MR) is 105 cm³/mol. The third kappa shape index (κ3) is 4.37. The Kier molecular flexibility index (Phi) is 5.65. The number of imidazole rings is 1. The molecule has 2 aromatic heterocycles. The van der Waals surface area contributed by atoms with Gasteiger partial charge in [0.15, 0.2) is 17.0 Å². The summed E-state index contributed by atoms with van der Waals surface area (Å²) >= 11 is -1.97. The Morgan fingerprint density at radius 1 is 1.44 bits per heavy atom. The molecule has 0 aromatic carbocycles. The SMILES string of the molecule is CCn1cnc2c(NC3CCN(S(=O)O)C3)nc(NC(C)C(C)(C)O)nc21. The van der Waals surface area contributed by atoms with Crippen molar-refractivity contribution in [1.82, 2.24) is 23.8 Å². The standard InChI is InChI=1S/C16H27N7O3S/c1-5-22-9-17-12-13(19-11-6-7-23(8-11)27(25)26)20-15(21-14(12)22)18-10(2)16(3,4)24/h9-11,24H,5-8H2,1-4H3,(H,25,26)(H2,18,19,20,21). The number of hydrogen-bond donors (Lipinski definition) is 4. The van der Waals surface area contributed by atoms with Crippen LogP contribution in [0.5, 0.6) is 0 Å². The van der Waals surface area contributed by atoms with E-state index >= 15 is 0 Å². The fourth-order valence-corrected chi connectivity index (χ4v) is 3.46. The number of nitrogens with one attached hydrogen (secondary N) is 2. The molecule has 11 heteroatoms. The Hall–Kier alpha value is -1.82. The van der Waals surface area contributed by atoms with Gasteiger partial charge >= 0.3 is 0 Å². The van der Waals surface area contributed by atoms with Crippen molar-refractivity contribution in [2.24, 2.45) is 0 Å². The van der Waals surface area contributed by atoms with Gasteiger partial charge in [-0.25, -0.2) is 9.19 Å². The first-order chi connectivity index (χ1) is 12.7. The van der Waals surface area contributed by atoms with Crippen molar-refractivity contribution in [3.63, 3.8) is 0 Å². The van der Waals surface area contributed by atoms with Crippen LogP contribution in [0.4, 0.5) is 11.8 Å². The Morgan fingerprint density at radius 3 is 2.78 bits per heavy atom. The molecule has 0 saturated carbocycles. The molecule has 150 valence electrons. The van der Waals surface area contributed by atoms with Crippen LogP contribution >= 0.6 is 0 Å². The highest BCUT2D eigenvalue weighted by molar-refractivity contribution is 7.76. The highest BCUT2D eigenvalue weighted by Gasteiger charge is 2.28. The van der Waals surface area contributed by atoms with Crippen LogP contribution in [0.15, 0.2) is 6.33 Å². The lowest BCUT2D eigenvalue weighted by Crippen LogP contribution is -2.40. The largest absolute Gasteiger partial charge is 0.388 e. The first-order valence-electron chi connectivity index (χ1n) is 9.03. The second-order valence-corrected chi connectivity index (χ2v) is 8.34. The van der Waals surface area contributed by atoms with Gasteiger partial charge in [0.05, 0.1) is 18.0 Å². The molecule has 27 heavy (non-hydrogen) atoms. The monoisotopic (exact) mass is 397 g/mol. The van der Waals surface area contributed by atoms with Crippen molar-refractivity contribution in [2.45, 2.75) is 58.3 Å². The second-order valence-electron chi connectivity index (χ2n) is 7.37. The van der Waals surface area contributed by atoms with Crippen LogP contribution in [0.2, 0.25) is 0 Å². The van der Waals surface area contributed by atoms with Crippen molar-refractivity contribution in [3.05, 3.63) is 6.33 Å². The van der Waals surface area contributed by atoms with Gasteiger partial charge in [-0.2, -0.15) is 14.3 Å². The minimum Gasteiger partial charge on any atom is -0.388 e. The van der Waals surface area contributed by atoms with Gasteiger partial charge in [-0.3, -0.25) is 4.55 Å². The van der Waals surface area contributed by atoms with E-state index in [2.05, 4.69) is 25.6 Å². The molecule has 4 N–H and O–H groups in total. The molecule has 0 amide bonds. The molecular weight excluding hydrogens is 370 g/mol. The van der Waals surface area contributed by atoms with Gasteiger partial charge in [-0.1, -0.05) is 0 Å². The first-order valence-corrected chi connectivity index (χ1v) is 10.1. The fraction of sp³-hybridized carbons (Fsp3) is 0.688. The van der Waals surface area contributed by atoms with Crippen LogP contribution in [0.1, 0.15) is 34.1 Å². The molecule has 3 atom stereocenters. The molecule has 1 saturated heterocycles. The number of aryl methyl sites for hydroxylation is 1. The third-order valence-electron chi connectivity index (χ3n) is 4.92. The number of aromatic nitrogens is 4. The summed E-state index contributed by atoms with van der Waals surface area (Å²) in [6, 6.07) is -0.273. The number of fused-ring (bicyclic) bond motifs is 1. The van der Waals surface area contributed by atoms with E-state index < -0.39 is 16.9 Å². The molecule has 0 radical (unpaired) electrons. The smallest absolute Gasteiger partial charge is 0.234 e. The molecule has 2 aromatic rings. The molecule has 1 aliphatic rings. The minimum absolute atomic E-state index is 0.00877. The van der Waals surface area contributed by atoms with Gasteiger partial charge in [0.2, 0.25) is 17.2 Å². The summed E-state index contributed by atoms with van der Waals surface area (Å²) in [5.74, 6) is 0.976. The van der Waals surface area contributed by atoms with Crippen LogP contribution in [0.3, 0.4) is 0 Å². The maximum atomic E-state index is 11.3. The molecule has 0 spiro atoms. The molecule has 3 rings (SSSR count). The summed E-state index contributed by atoms with van der Waals surface area (Å²) in [6.07, 6.45) is 2.45. The topological polar surface area (TPSA) is 128 Å². The van der Waals surface area contributed by atoms with E-state index in [4.69, 9.17) is 0 Å². The lowest BCUT2D eigenvalue weighted by Gasteiger charge is -2.27. The maximum Gasteiger partial charge on any atom is 0.234 e. The molecule has 3 heterocycles. The van der Waals surface area contributed by atoms with E-state index in [1.54, 1.807) is 20.2 Å². The normalized spacial score (nSPS) is 20.7. The summed E-state index contributed by atoms with van der Waals surface area (Å²) < 4.78 is 23.9. The van der Waals surface area contributed by atoms with Crippen LogP contribution in [0, 0.1) is 0 Å². The highest BCUT2D eigenvalue weighted by atomic mass is 32.2. The molecule has 0 bridgehead atoms. The van der Waals surface area contributed by atoms with Gasteiger partial charge in [-0.05, 0) is 34.1 Å². The third-order valence-corrected chi connectivity index (χ3v) is 5.70. The molecule has 10 nitrogen and oxygen atoms in total. The molecule has 1 aliphatic heterocycles. The van der Waals surface area contributed by atoms with Gasteiger partial charge < -0.3 is 20.3 Å². The second kappa shape index (κ2) is 7.66. The Labute approximate surface area is 160 Å². The van der Waals surface area contributed by atoms with Gasteiger partial charge in [0.25, 0.3) is 0 Å². The van der Waals surface area contributed by atoms with E-state index in [-0.39, 0.29) is 12.1 Å². The van der Waals surface area contributed by atoms with Crippen LogP contribution in [-0.4, -0.2) is 68.5 Å². The van der Waals surface area contributed by atoms with Gasteiger partial charge in [0, 0.05) is 25.7 Å². The highest BCUT2D eigenvalue weighted by Crippen LogP contribution is 2.25.